The standard InChI is InChI=1S/C36H28N6O6/c1-15-11-17-19(13-21(43)33(47)27(17)29-35(37)41-9-5-3-7-23(41)39-29)31(45)25(15)26-16(2)12-18-20(32(26)46)14-22(44)34(48)28(18)30-36(38)42-10-6-4-8-24(42)40-30/h3-14,43-48H,37-38H2,1-2H3. The minimum absolute atomic E-state index is 0.130. The zero-order chi connectivity index (χ0) is 33.8. The third kappa shape index (κ3) is 3.76. The zero-order valence-corrected chi connectivity index (χ0v) is 25.6. The molecule has 0 amide bonds. The minimum Gasteiger partial charge on any atom is -0.507 e. The Bertz CT molecular complexity index is 2510. The van der Waals surface area contributed by atoms with Crippen LogP contribution in [0.2, 0.25) is 0 Å². The second-order valence-corrected chi connectivity index (χ2v) is 11.8. The first-order valence-corrected chi connectivity index (χ1v) is 14.9. The first kappa shape index (κ1) is 28.6. The molecule has 48 heavy (non-hydrogen) atoms. The number of pyridine rings is 2. The molecule has 8 aromatic rings. The Labute approximate surface area is 271 Å². The Morgan fingerprint density at radius 2 is 0.896 bits per heavy atom. The smallest absolute Gasteiger partial charge is 0.167 e. The van der Waals surface area contributed by atoms with Crippen molar-refractivity contribution in [3.63, 3.8) is 0 Å². The SMILES string of the molecule is Cc1cc2c(-c3nc4ccccn4c3N)c(O)c(O)cc2c(O)c1-c1c(C)cc2c(-c3nc4ccccn4c3N)c(O)c(O)cc2c1O. The van der Waals surface area contributed by atoms with Crippen LogP contribution in [0.15, 0.2) is 73.1 Å². The Balaban J connectivity index is 1.41. The highest BCUT2D eigenvalue weighted by Gasteiger charge is 2.28. The lowest BCUT2D eigenvalue weighted by atomic mass is 9.87. The van der Waals surface area contributed by atoms with E-state index in [1.54, 1.807) is 83.6 Å². The van der Waals surface area contributed by atoms with Gasteiger partial charge in [-0.15, -0.1) is 0 Å². The normalized spacial score (nSPS) is 11.8. The van der Waals surface area contributed by atoms with Gasteiger partial charge in [0.05, 0.1) is 11.1 Å². The van der Waals surface area contributed by atoms with Crippen LogP contribution in [-0.4, -0.2) is 49.4 Å². The van der Waals surface area contributed by atoms with Gasteiger partial charge in [0.25, 0.3) is 0 Å². The van der Waals surface area contributed by atoms with Crippen LogP contribution < -0.4 is 11.5 Å². The maximum atomic E-state index is 11.9. The predicted molar refractivity (Wildman–Crippen MR) is 184 cm³/mol. The van der Waals surface area contributed by atoms with Crippen LogP contribution in [0.4, 0.5) is 11.6 Å². The number of phenols is 6. The van der Waals surface area contributed by atoms with Crippen molar-refractivity contribution < 1.29 is 30.6 Å². The van der Waals surface area contributed by atoms with Crippen LogP contribution in [0.3, 0.4) is 0 Å². The molecule has 12 nitrogen and oxygen atoms in total. The molecule has 0 unspecified atom stereocenters. The lowest BCUT2D eigenvalue weighted by Crippen LogP contribution is -1.97. The molecule has 0 spiro atoms. The summed E-state index contributed by atoms with van der Waals surface area (Å²) >= 11 is 0. The number of hydrogen-bond donors (Lipinski definition) is 8. The summed E-state index contributed by atoms with van der Waals surface area (Å²) in [5.74, 6) is -2.04. The van der Waals surface area contributed by atoms with E-state index in [1.807, 2.05) is 0 Å². The summed E-state index contributed by atoms with van der Waals surface area (Å²) in [5, 5.41) is 68.6. The maximum absolute atomic E-state index is 11.9. The van der Waals surface area contributed by atoms with Crippen LogP contribution in [0.25, 0.3) is 66.5 Å². The first-order chi connectivity index (χ1) is 23.0. The van der Waals surface area contributed by atoms with Crippen molar-refractivity contribution in [1.82, 2.24) is 18.8 Å². The van der Waals surface area contributed by atoms with E-state index >= 15 is 0 Å². The highest BCUT2D eigenvalue weighted by atomic mass is 16.3. The Morgan fingerprint density at radius 1 is 0.500 bits per heavy atom. The van der Waals surface area contributed by atoms with E-state index in [0.29, 0.717) is 33.2 Å². The maximum Gasteiger partial charge on any atom is 0.167 e. The van der Waals surface area contributed by atoms with Crippen molar-refractivity contribution in [2.75, 3.05) is 11.5 Å². The number of aryl methyl sites for hydroxylation is 2. The van der Waals surface area contributed by atoms with Crippen LogP contribution >= 0.6 is 0 Å². The van der Waals surface area contributed by atoms with E-state index in [-0.39, 0.29) is 67.5 Å². The number of fused-ring (bicyclic) bond motifs is 4. The van der Waals surface area contributed by atoms with Gasteiger partial charge in [-0.25, -0.2) is 9.97 Å². The quantitative estimate of drug-likeness (QED) is 0.101. The molecule has 0 aliphatic carbocycles. The van der Waals surface area contributed by atoms with Gasteiger partial charge in [-0.2, -0.15) is 0 Å². The second-order valence-electron chi connectivity index (χ2n) is 11.8. The molecule has 4 aromatic carbocycles. The van der Waals surface area contributed by atoms with Crippen LogP contribution in [0.5, 0.6) is 34.5 Å². The van der Waals surface area contributed by atoms with Gasteiger partial charge in [0.15, 0.2) is 23.0 Å². The number of nitrogens with zero attached hydrogens (tertiary/aromatic N) is 4. The molecule has 0 fully saturated rings. The number of aromatic nitrogens is 4. The lowest BCUT2D eigenvalue weighted by Gasteiger charge is -2.20. The molecule has 238 valence electrons. The summed E-state index contributed by atoms with van der Waals surface area (Å²) in [6, 6.07) is 16.6. The fourth-order valence-electron chi connectivity index (χ4n) is 6.77. The molecule has 0 atom stereocenters. The van der Waals surface area contributed by atoms with Gasteiger partial charge in [0, 0.05) is 34.3 Å². The number of nitrogen functional groups attached to an aromatic ring is 2. The lowest BCUT2D eigenvalue weighted by molar-refractivity contribution is 0.405. The zero-order valence-electron chi connectivity index (χ0n) is 25.6. The number of imidazole rings is 2. The van der Waals surface area contributed by atoms with Crippen molar-refractivity contribution in [2.24, 2.45) is 0 Å². The van der Waals surface area contributed by atoms with Crippen molar-refractivity contribution in [2.45, 2.75) is 13.8 Å². The van der Waals surface area contributed by atoms with Crippen molar-refractivity contribution in [3.8, 4) is 68.1 Å². The molecule has 0 aliphatic rings. The van der Waals surface area contributed by atoms with E-state index in [0.717, 1.165) is 0 Å². The fraction of sp³-hybridized carbons (Fsp3) is 0.0556. The number of benzene rings is 4. The molecule has 8 rings (SSSR count). The summed E-state index contributed by atoms with van der Waals surface area (Å²) in [6.45, 7) is 3.46. The monoisotopic (exact) mass is 640 g/mol. The fourth-order valence-corrected chi connectivity index (χ4v) is 6.77. The number of aromatic hydroxyl groups is 6. The molecule has 0 saturated heterocycles. The molecule has 0 radical (unpaired) electrons. The summed E-state index contributed by atoms with van der Waals surface area (Å²) in [6.07, 6.45) is 3.45. The van der Waals surface area contributed by atoms with Crippen molar-refractivity contribution >= 4 is 44.5 Å². The van der Waals surface area contributed by atoms with E-state index in [2.05, 4.69) is 9.97 Å². The predicted octanol–water partition coefficient (Wildman–Crippen LogP) is 6.30. The summed E-state index contributed by atoms with van der Waals surface area (Å²) in [7, 11) is 0. The van der Waals surface area contributed by atoms with E-state index < -0.39 is 23.0 Å². The number of rotatable bonds is 3. The summed E-state index contributed by atoms with van der Waals surface area (Å²) in [4.78, 5) is 9.18. The summed E-state index contributed by atoms with van der Waals surface area (Å²) in [5.41, 5.74) is 16.1. The molecule has 12 heteroatoms. The van der Waals surface area contributed by atoms with Gasteiger partial charge in [-0.1, -0.05) is 12.1 Å². The van der Waals surface area contributed by atoms with Gasteiger partial charge in [-0.3, -0.25) is 8.80 Å². The van der Waals surface area contributed by atoms with Gasteiger partial charge in [0.2, 0.25) is 0 Å². The topological polar surface area (TPSA) is 208 Å². The number of phenolic OH excluding ortho intramolecular Hbond substituents is 6. The molecule has 0 aliphatic heterocycles. The number of hydrogen-bond acceptors (Lipinski definition) is 10. The highest BCUT2D eigenvalue weighted by Crippen LogP contribution is 2.54. The van der Waals surface area contributed by atoms with E-state index in [4.69, 9.17) is 11.5 Å². The Kier molecular flexibility index (Phi) is 5.87. The van der Waals surface area contributed by atoms with Gasteiger partial charge in [-0.05, 0) is 84.3 Å². The summed E-state index contributed by atoms with van der Waals surface area (Å²) < 4.78 is 3.28. The molecular formula is C36H28N6O6. The molecule has 10 N–H and O–H groups in total. The number of nitrogens with two attached hydrogens (primary N) is 2. The van der Waals surface area contributed by atoms with Crippen LogP contribution in [0, 0.1) is 13.8 Å². The van der Waals surface area contributed by atoms with Crippen molar-refractivity contribution in [3.05, 3.63) is 84.2 Å². The molecule has 0 bridgehead atoms. The van der Waals surface area contributed by atoms with E-state index in [9.17, 15) is 30.6 Å². The number of anilines is 2. The van der Waals surface area contributed by atoms with Crippen LogP contribution in [0.1, 0.15) is 11.1 Å². The van der Waals surface area contributed by atoms with Crippen molar-refractivity contribution in [1.29, 1.82) is 0 Å². The largest absolute Gasteiger partial charge is 0.507 e. The Morgan fingerprint density at radius 3 is 1.27 bits per heavy atom. The van der Waals surface area contributed by atoms with Gasteiger partial charge >= 0.3 is 0 Å². The molecule has 0 saturated carbocycles. The van der Waals surface area contributed by atoms with Gasteiger partial charge < -0.3 is 42.1 Å². The average molecular weight is 641 g/mol. The third-order valence-corrected chi connectivity index (χ3v) is 8.99. The molecule has 4 aromatic heterocycles. The highest BCUT2D eigenvalue weighted by molar-refractivity contribution is 6.12. The molecule has 4 heterocycles. The average Bonchev–Trinajstić information content (AvgIpc) is 3.57. The van der Waals surface area contributed by atoms with E-state index in [1.165, 1.54) is 12.1 Å². The first-order valence-electron chi connectivity index (χ1n) is 14.9. The third-order valence-electron chi connectivity index (χ3n) is 8.99. The van der Waals surface area contributed by atoms with Gasteiger partial charge in [0.1, 0.15) is 45.8 Å². The second kappa shape index (κ2) is 9.84. The minimum atomic E-state index is -0.506. The molecular weight excluding hydrogens is 612 g/mol. The van der Waals surface area contributed by atoms with Crippen LogP contribution in [-0.2, 0) is 0 Å². The Hall–Kier alpha value is -6.82.